The number of anilines is 1. The van der Waals surface area contributed by atoms with Crippen molar-refractivity contribution in [1.29, 1.82) is 0 Å². The van der Waals surface area contributed by atoms with Gasteiger partial charge in [0.2, 0.25) is 5.91 Å². The highest BCUT2D eigenvalue weighted by Gasteiger charge is 2.17. The second-order valence-corrected chi connectivity index (χ2v) is 8.53. The summed E-state index contributed by atoms with van der Waals surface area (Å²) in [6, 6.07) is 7.83. The smallest absolute Gasteiger partial charge is 0.272 e. The third-order valence-electron chi connectivity index (χ3n) is 4.35. The van der Waals surface area contributed by atoms with Gasteiger partial charge in [0.25, 0.3) is 5.56 Å². The maximum absolute atomic E-state index is 12.8. The lowest BCUT2D eigenvalue weighted by molar-refractivity contribution is -0.113. The Morgan fingerprint density at radius 3 is 2.67 bits per heavy atom. The molecule has 0 saturated carbocycles. The molecule has 2 aromatic heterocycles. The van der Waals surface area contributed by atoms with E-state index in [4.69, 9.17) is 0 Å². The molecule has 0 aliphatic heterocycles. The molecule has 0 saturated heterocycles. The molecule has 0 fully saturated rings. The molecule has 5 nitrogen and oxygen atoms in total. The van der Waals surface area contributed by atoms with Gasteiger partial charge in [-0.05, 0) is 61.9 Å². The molecule has 0 bridgehead atoms. The van der Waals surface area contributed by atoms with Gasteiger partial charge in [0.05, 0.1) is 11.3 Å². The maximum atomic E-state index is 12.8. The molecule has 2 heterocycles. The third-order valence-corrected chi connectivity index (χ3v) is 6.19. The zero-order valence-corrected chi connectivity index (χ0v) is 17.5. The number of hydrogen-bond acceptors (Lipinski definition) is 5. The predicted molar refractivity (Wildman–Crippen MR) is 114 cm³/mol. The molecule has 0 unspecified atom stereocenters. The summed E-state index contributed by atoms with van der Waals surface area (Å²) < 4.78 is 2.38. The van der Waals surface area contributed by atoms with Gasteiger partial charge in [0.15, 0.2) is 5.16 Å². The van der Waals surface area contributed by atoms with Gasteiger partial charge < -0.3 is 5.32 Å². The number of nitrogens with one attached hydrogen (secondary N) is 1. The Kier molecular flexibility index (Phi) is 6.01. The highest BCUT2D eigenvalue weighted by Crippen LogP contribution is 2.24. The summed E-state index contributed by atoms with van der Waals surface area (Å²) in [4.78, 5) is 29.9. The number of carbonyl (C=O) groups is 1. The summed E-state index contributed by atoms with van der Waals surface area (Å²) in [5.74, 6) is 0.0891. The van der Waals surface area contributed by atoms with Crippen molar-refractivity contribution in [3.63, 3.8) is 0 Å². The van der Waals surface area contributed by atoms with Crippen molar-refractivity contribution in [2.75, 3.05) is 11.1 Å². The van der Waals surface area contributed by atoms with Crippen molar-refractivity contribution in [2.24, 2.45) is 0 Å². The van der Waals surface area contributed by atoms with E-state index in [2.05, 4.69) is 16.4 Å². The summed E-state index contributed by atoms with van der Waals surface area (Å²) in [5, 5.41) is 5.40. The molecule has 7 heteroatoms. The summed E-state index contributed by atoms with van der Waals surface area (Å²) in [6.07, 6.45) is 0.820. The number of aromatic nitrogens is 2. The number of amides is 1. The zero-order chi connectivity index (χ0) is 19.6. The summed E-state index contributed by atoms with van der Waals surface area (Å²) >= 11 is 2.71. The van der Waals surface area contributed by atoms with Gasteiger partial charge in [0.1, 0.15) is 4.70 Å². The zero-order valence-electron chi connectivity index (χ0n) is 15.9. The average molecular weight is 402 g/mol. The van der Waals surface area contributed by atoms with Crippen LogP contribution < -0.4 is 10.9 Å². The number of fused-ring (bicyclic) bond motifs is 1. The van der Waals surface area contributed by atoms with Gasteiger partial charge in [-0.15, -0.1) is 11.3 Å². The largest absolute Gasteiger partial charge is 0.325 e. The molecule has 1 aromatic carbocycles. The van der Waals surface area contributed by atoms with E-state index in [0.29, 0.717) is 15.4 Å². The van der Waals surface area contributed by atoms with Crippen molar-refractivity contribution < 1.29 is 4.79 Å². The van der Waals surface area contributed by atoms with Crippen LogP contribution >= 0.6 is 23.1 Å². The molecule has 1 amide bonds. The van der Waals surface area contributed by atoms with E-state index in [9.17, 15) is 9.59 Å². The van der Waals surface area contributed by atoms with E-state index in [-0.39, 0.29) is 23.3 Å². The molecular formula is C20H23N3O2S2. The van der Waals surface area contributed by atoms with Crippen LogP contribution in [0, 0.1) is 13.8 Å². The Bertz CT molecular complexity index is 1020. The Morgan fingerprint density at radius 2 is 2.00 bits per heavy atom. The lowest BCUT2D eigenvalue weighted by Gasteiger charge is -2.17. The van der Waals surface area contributed by atoms with E-state index in [0.717, 1.165) is 23.2 Å². The van der Waals surface area contributed by atoms with E-state index < -0.39 is 0 Å². The lowest BCUT2D eigenvalue weighted by Crippen LogP contribution is -2.26. The topological polar surface area (TPSA) is 64.0 Å². The SMILES string of the molecule is CC[C@H](C)n1c(SCC(=O)Nc2cc(C)cc(C)c2)nc2ccsc2c1=O. The van der Waals surface area contributed by atoms with Crippen molar-refractivity contribution in [1.82, 2.24) is 9.55 Å². The van der Waals surface area contributed by atoms with Crippen LogP contribution in [0.25, 0.3) is 10.2 Å². The second kappa shape index (κ2) is 8.27. The monoisotopic (exact) mass is 401 g/mol. The number of aryl methyl sites for hydroxylation is 2. The van der Waals surface area contributed by atoms with Crippen LogP contribution in [0.3, 0.4) is 0 Å². The molecule has 3 rings (SSSR count). The third kappa shape index (κ3) is 4.42. The molecule has 0 spiro atoms. The number of thioether (sulfide) groups is 1. The van der Waals surface area contributed by atoms with E-state index in [1.807, 2.05) is 51.3 Å². The fourth-order valence-electron chi connectivity index (χ4n) is 2.95. The number of hydrogen-bond donors (Lipinski definition) is 1. The van der Waals surface area contributed by atoms with Crippen LogP contribution in [-0.2, 0) is 4.79 Å². The van der Waals surface area contributed by atoms with Gasteiger partial charge >= 0.3 is 0 Å². The minimum atomic E-state index is -0.111. The number of rotatable bonds is 6. The minimum absolute atomic E-state index is 0.0263. The molecule has 0 aliphatic carbocycles. The van der Waals surface area contributed by atoms with Crippen LogP contribution in [-0.4, -0.2) is 21.2 Å². The van der Waals surface area contributed by atoms with Crippen LogP contribution in [0.2, 0.25) is 0 Å². The van der Waals surface area contributed by atoms with Gasteiger partial charge in [-0.3, -0.25) is 14.2 Å². The van der Waals surface area contributed by atoms with E-state index >= 15 is 0 Å². The standard InChI is InChI=1S/C20H23N3O2S2/c1-5-14(4)23-19(25)18-16(6-7-26-18)22-20(23)27-11-17(24)21-15-9-12(2)8-13(3)10-15/h6-10,14H,5,11H2,1-4H3,(H,21,24)/t14-/m0/s1. The van der Waals surface area contributed by atoms with Crippen molar-refractivity contribution >= 4 is 44.9 Å². The lowest BCUT2D eigenvalue weighted by atomic mass is 10.1. The number of nitrogens with zero attached hydrogens (tertiary/aromatic N) is 2. The fraction of sp³-hybridized carbons (Fsp3) is 0.350. The Morgan fingerprint density at radius 1 is 1.30 bits per heavy atom. The first kappa shape index (κ1) is 19.6. The van der Waals surface area contributed by atoms with Crippen LogP contribution in [0.5, 0.6) is 0 Å². The first-order chi connectivity index (χ1) is 12.9. The number of carbonyl (C=O) groups excluding carboxylic acids is 1. The molecule has 1 N–H and O–H groups in total. The minimum Gasteiger partial charge on any atom is -0.325 e. The molecule has 1 atom stereocenters. The van der Waals surface area contributed by atoms with Crippen LogP contribution in [0.4, 0.5) is 5.69 Å². The van der Waals surface area contributed by atoms with Crippen LogP contribution in [0.15, 0.2) is 39.6 Å². The molecule has 27 heavy (non-hydrogen) atoms. The molecular weight excluding hydrogens is 378 g/mol. The van der Waals surface area contributed by atoms with Gasteiger partial charge in [-0.1, -0.05) is 24.8 Å². The number of benzene rings is 1. The number of thiophene rings is 1. The summed E-state index contributed by atoms with van der Waals surface area (Å²) in [7, 11) is 0. The first-order valence-corrected chi connectivity index (χ1v) is 10.8. The molecule has 0 aliphatic rings. The van der Waals surface area contributed by atoms with E-state index in [1.165, 1.54) is 23.1 Å². The quantitative estimate of drug-likeness (QED) is 0.477. The van der Waals surface area contributed by atoms with Crippen molar-refractivity contribution in [2.45, 2.75) is 45.3 Å². The highest BCUT2D eigenvalue weighted by atomic mass is 32.2. The Hall–Kier alpha value is -2.12. The van der Waals surface area contributed by atoms with Crippen molar-refractivity contribution in [3.05, 3.63) is 51.1 Å². The average Bonchev–Trinajstić information content (AvgIpc) is 3.07. The molecule has 142 valence electrons. The highest BCUT2D eigenvalue weighted by molar-refractivity contribution is 7.99. The summed E-state index contributed by atoms with van der Waals surface area (Å²) in [5.41, 5.74) is 3.67. The van der Waals surface area contributed by atoms with Gasteiger partial charge in [0, 0.05) is 11.7 Å². The Labute approximate surface area is 166 Å². The maximum Gasteiger partial charge on any atom is 0.272 e. The first-order valence-electron chi connectivity index (χ1n) is 8.89. The van der Waals surface area contributed by atoms with E-state index in [1.54, 1.807) is 4.57 Å². The molecule has 0 radical (unpaired) electrons. The van der Waals surface area contributed by atoms with Crippen molar-refractivity contribution in [3.8, 4) is 0 Å². The fourth-order valence-corrected chi connectivity index (χ4v) is 4.61. The van der Waals surface area contributed by atoms with Crippen LogP contribution in [0.1, 0.15) is 37.4 Å². The summed E-state index contributed by atoms with van der Waals surface area (Å²) in [6.45, 7) is 8.05. The van der Waals surface area contributed by atoms with Gasteiger partial charge in [-0.2, -0.15) is 0 Å². The predicted octanol–water partition coefficient (Wildman–Crippen LogP) is 4.78. The normalized spacial score (nSPS) is 12.3. The Balaban J connectivity index is 1.81. The van der Waals surface area contributed by atoms with Gasteiger partial charge in [-0.25, -0.2) is 4.98 Å². The molecule has 3 aromatic rings. The second-order valence-electron chi connectivity index (χ2n) is 6.68.